The van der Waals surface area contributed by atoms with Gasteiger partial charge in [-0.3, -0.25) is 23.7 Å². The van der Waals surface area contributed by atoms with Crippen LogP contribution in [0.2, 0.25) is 0 Å². The molecule has 0 bridgehead atoms. The van der Waals surface area contributed by atoms with Gasteiger partial charge in [-0.25, -0.2) is 9.59 Å². The van der Waals surface area contributed by atoms with Gasteiger partial charge in [0, 0.05) is 38.9 Å². The van der Waals surface area contributed by atoms with Crippen molar-refractivity contribution in [2.24, 2.45) is 0 Å². The van der Waals surface area contributed by atoms with E-state index in [9.17, 15) is 23.7 Å². The van der Waals surface area contributed by atoms with E-state index in [0.717, 1.165) is 22.3 Å². The van der Waals surface area contributed by atoms with Gasteiger partial charge in [-0.1, -0.05) is 91.0 Å². The summed E-state index contributed by atoms with van der Waals surface area (Å²) in [6, 6.07) is 30.2. The van der Waals surface area contributed by atoms with Gasteiger partial charge in [0.05, 0.1) is 6.61 Å². The van der Waals surface area contributed by atoms with Crippen LogP contribution in [0.15, 0.2) is 116 Å². The van der Waals surface area contributed by atoms with Gasteiger partial charge < -0.3 is 29.5 Å². The lowest BCUT2D eigenvalue weighted by atomic mass is 10.1. The Morgan fingerprint density at radius 2 is 1.44 bits per heavy atom. The molecule has 0 aliphatic carbocycles. The average Bonchev–Trinajstić information content (AvgIpc) is 3.72. The molecular formula is C41H47N4O9P. The maximum Gasteiger partial charge on any atom is 0.407 e. The van der Waals surface area contributed by atoms with E-state index in [1.54, 1.807) is 12.4 Å². The normalized spacial score (nSPS) is 15.9. The highest BCUT2D eigenvalue weighted by Gasteiger charge is 2.43. The summed E-state index contributed by atoms with van der Waals surface area (Å²) in [6.45, 7) is 0.0424. The van der Waals surface area contributed by atoms with Crippen molar-refractivity contribution in [2.45, 2.75) is 63.1 Å². The van der Waals surface area contributed by atoms with Crippen molar-refractivity contribution in [2.75, 3.05) is 26.8 Å². The molecule has 3 aromatic carbocycles. The molecule has 4 aromatic rings. The molecule has 55 heavy (non-hydrogen) atoms. The predicted molar refractivity (Wildman–Crippen MR) is 205 cm³/mol. The number of aryl methyl sites for hydroxylation is 1. The molecule has 13 nitrogen and oxygen atoms in total. The van der Waals surface area contributed by atoms with Crippen LogP contribution in [0.3, 0.4) is 0 Å². The van der Waals surface area contributed by atoms with Crippen LogP contribution < -0.4 is 10.6 Å². The fourth-order valence-electron chi connectivity index (χ4n) is 6.21. The second kappa shape index (κ2) is 20.9. The first-order valence-electron chi connectivity index (χ1n) is 18.3. The summed E-state index contributed by atoms with van der Waals surface area (Å²) in [6.07, 6.45) is 3.46. The van der Waals surface area contributed by atoms with Crippen molar-refractivity contribution in [3.05, 3.63) is 138 Å². The number of hydrogen-bond acceptors (Lipinski definition) is 10. The highest BCUT2D eigenvalue weighted by atomic mass is 31.2. The van der Waals surface area contributed by atoms with Crippen LogP contribution in [0.4, 0.5) is 4.79 Å². The van der Waals surface area contributed by atoms with Crippen LogP contribution in [0.1, 0.15) is 41.5 Å². The van der Waals surface area contributed by atoms with Crippen molar-refractivity contribution in [3.8, 4) is 0 Å². The van der Waals surface area contributed by atoms with Gasteiger partial charge in [-0.15, -0.1) is 0 Å². The minimum atomic E-state index is -4.32. The van der Waals surface area contributed by atoms with Crippen LogP contribution in [0, 0.1) is 0 Å². The van der Waals surface area contributed by atoms with Crippen LogP contribution in [0.25, 0.3) is 0 Å². The molecule has 14 heteroatoms. The second-order valence-corrected chi connectivity index (χ2v) is 15.3. The highest BCUT2D eigenvalue weighted by molar-refractivity contribution is 7.54. The van der Waals surface area contributed by atoms with Crippen molar-refractivity contribution >= 4 is 31.5 Å². The van der Waals surface area contributed by atoms with E-state index < -0.39 is 49.4 Å². The highest BCUT2D eigenvalue weighted by Crippen LogP contribution is 2.54. The van der Waals surface area contributed by atoms with Crippen LogP contribution in [0.5, 0.6) is 0 Å². The van der Waals surface area contributed by atoms with E-state index in [2.05, 4.69) is 15.6 Å². The summed E-state index contributed by atoms with van der Waals surface area (Å²) < 4.78 is 37.4. The predicted octanol–water partition coefficient (Wildman–Crippen LogP) is 5.63. The monoisotopic (exact) mass is 770 g/mol. The van der Waals surface area contributed by atoms with Gasteiger partial charge in [-0.05, 0) is 60.1 Å². The van der Waals surface area contributed by atoms with Crippen molar-refractivity contribution in [1.29, 1.82) is 0 Å². The minimum Gasteiger partial charge on any atom is -0.464 e. The molecule has 3 amide bonds. The van der Waals surface area contributed by atoms with Crippen LogP contribution >= 0.6 is 7.60 Å². The lowest BCUT2D eigenvalue weighted by Gasteiger charge is -2.31. The van der Waals surface area contributed by atoms with Crippen LogP contribution in [-0.2, 0) is 63.3 Å². The summed E-state index contributed by atoms with van der Waals surface area (Å²) in [7, 11) is -3.12. The molecule has 4 atom stereocenters. The number of carbonyl (C=O) groups is 4. The SMILES string of the molecule is COP(=O)(O[C@@H](Cc1ccccc1)C(=O)OCCCc1ccncc1)[C@H](Cc1ccccc1)NC(=O)[C@@H]1CCCN1C(=O)CNC(=O)OCc1ccccc1. The Bertz CT molecular complexity index is 1870. The first-order valence-corrected chi connectivity index (χ1v) is 19.9. The van der Waals surface area contributed by atoms with E-state index in [4.69, 9.17) is 18.5 Å². The Balaban J connectivity index is 1.27. The number of nitrogens with zero attached hydrogens (tertiary/aromatic N) is 2. The summed E-state index contributed by atoms with van der Waals surface area (Å²) in [5.74, 6) is -3.01. The van der Waals surface area contributed by atoms with Gasteiger partial charge in [-0.2, -0.15) is 0 Å². The molecule has 1 saturated heterocycles. The third-order valence-corrected chi connectivity index (χ3v) is 11.2. The Morgan fingerprint density at radius 3 is 2.07 bits per heavy atom. The minimum absolute atomic E-state index is 0.0339. The number of benzene rings is 3. The number of likely N-dealkylation sites (tertiary alicyclic amines) is 1. The molecule has 5 rings (SSSR count). The fourth-order valence-corrected chi connectivity index (χ4v) is 7.93. The van der Waals surface area contributed by atoms with E-state index in [1.165, 1.54) is 12.0 Å². The molecule has 1 aliphatic heterocycles. The molecule has 0 spiro atoms. The number of esters is 1. The van der Waals surface area contributed by atoms with Gasteiger partial charge in [0.15, 0.2) is 6.10 Å². The molecule has 290 valence electrons. The van der Waals surface area contributed by atoms with Crippen LogP contribution in [-0.4, -0.2) is 78.5 Å². The molecular weight excluding hydrogens is 723 g/mol. The number of nitrogens with one attached hydrogen (secondary N) is 2. The topological polar surface area (TPSA) is 162 Å². The number of alkyl carbamates (subject to hydrolysis) is 1. The zero-order valence-corrected chi connectivity index (χ0v) is 31.7. The smallest absolute Gasteiger partial charge is 0.407 e. The van der Waals surface area contributed by atoms with E-state index in [-0.39, 0.29) is 39.1 Å². The third kappa shape index (κ3) is 12.6. The summed E-state index contributed by atoms with van der Waals surface area (Å²) in [4.78, 5) is 58.6. The fraction of sp³-hybridized carbons (Fsp3) is 0.341. The second-order valence-electron chi connectivity index (χ2n) is 13.0. The molecule has 1 fully saturated rings. The quantitative estimate of drug-likeness (QED) is 0.0695. The lowest BCUT2D eigenvalue weighted by Crippen LogP contribution is -2.51. The van der Waals surface area contributed by atoms with Gasteiger partial charge >= 0.3 is 19.7 Å². The number of amides is 3. The van der Waals surface area contributed by atoms with Crippen molar-refractivity contribution in [1.82, 2.24) is 20.5 Å². The molecule has 1 aliphatic rings. The maximum atomic E-state index is 14.8. The van der Waals surface area contributed by atoms with Gasteiger partial charge in [0.25, 0.3) is 0 Å². The molecule has 1 aromatic heterocycles. The molecule has 1 unspecified atom stereocenters. The third-order valence-electron chi connectivity index (χ3n) is 9.09. The number of pyridine rings is 1. The molecule has 2 N–H and O–H groups in total. The number of rotatable bonds is 19. The zero-order valence-electron chi connectivity index (χ0n) is 30.8. The van der Waals surface area contributed by atoms with Gasteiger partial charge in [0.1, 0.15) is 25.0 Å². The van der Waals surface area contributed by atoms with Crippen molar-refractivity contribution < 1.29 is 42.3 Å². The lowest BCUT2D eigenvalue weighted by molar-refractivity contribution is -0.152. The Labute approximate surface area is 321 Å². The number of carbonyl (C=O) groups excluding carboxylic acids is 4. The Kier molecular flexibility index (Phi) is 15.5. The van der Waals surface area contributed by atoms with Crippen molar-refractivity contribution in [3.63, 3.8) is 0 Å². The molecule has 0 radical (unpaired) electrons. The zero-order chi connectivity index (χ0) is 38.9. The first-order chi connectivity index (χ1) is 26.7. The summed E-state index contributed by atoms with van der Waals surface area (Å²) >= 11 is 0. The standard InChI is InChI=1S/C41H47N4O9P/c1-51-55(50,54-36(27-32-13-5-2-6-14-32)40(48)52-26-12-19-31-21-23-42-24-22-31)37(28-33-15-7-3-8-16-33)44-39(47)35-20-11-25-45(35)38(46)29-43-41(49)53-30-34-17-9-4-10-18-34/h2-10,13-18,21-24,35-37H,11-12,19-20,25-30H2,1H3,(H,43,49)(H,44,47)/t35-,36-,37+,55?/m0/s1. The van der Waals surface area contributed by atoms with Gasteiger partial charge in [0.2, 0.25) is 11.8 Å². The summed E-state index contributed by atoms with van der Waals surface area (Å²) in [5.41, 5.74) is 3.31. The molecule has 2 heterocycles. The number of hydrogen-bond donors (Lipinski definition) is 2. The first kappa shape index (κ1) is 40.8. The van der Waals surface area contributed by atoms with E-state index >= 15 is 0 Å². The van der Waals surface area contributed by atoms with E-state index in [0.29, 0.717) is 25.7 Å². The maximum absolute atomic E-state index is 14.8. The number of aromatic nitrogens is 1. The summed E-state index contributed by atoms with van der Waals surface area (Å²) in [5, 5.41) is 5.31. The Hall–Kier alpha value is -5.36. The number of ether oxygens (including phenoxy) is 2. The molecule has 0 saturated carbocycles. The van der Waals surface area contributed by atoms with E-state index in [1.807, 2.05) is 103 Å². The average molecular weight is 771 g/mol. The Morgan fingerprint density at radius 1 is 0.818 bits per heavy atom. The largest absolute Gasteiger partial charge is 0.464 e.